The quantitative estimate of drug-likeness (QED) is 0.789. The van der Waals surface area contributed by atoms with Crippen LogP contribution in [0.25, 0.3) is 0 Å². The molecule has 1 saturated carbocycles. The van der Waals surface area contributed by atoms with Crippen LogP contribution in [0.15, 0.2) is 36.5 Å². The molecule has 4 nitrogen and oxygen atoms in total. The molecule has 0 saturated heterocycles. The molecular weight excluding hydrogens is 240 g/mol. The number of ether oxygens (including phenoxy) is 1. The third kappa shape index (κ3) is 1.75. The van der Waals surface area contributed by atoms with Gasteiger partial charge in [0.1, 0.15) is 5.69 Å². The molecule has 1 fully saturated rings. The number of rotatable bonds is 4. The molecule has 98 valence electrons. The first-order valence-corrected chi connectivity index (χ1v) is 6.35. The van der Waals surface area contributed by atoms with Crippen molar-refractivity contribution in [1.29, 1.82) is 0 Å². The normalized spacial score (nSPS) is 16.1. The Kier molecular flexibility index (Phi) is 2.66. The monoisotopic (exact) mass is 256 g/mol. The molecule has 1 aliphatic rings. The van der Waals surface area contributed by atoms with Gasteiger partial charge in [0.25, 0.3) is 0 Å². The highest BCUT2D eigenvalue weighted by molar-refractivity contribution is 6.06. The maximum atomic E-state index is 12.9. The minimum atomic E-state index is -0.373. The molecular formula is C15H16N2O2. The van der Waals surface area contributed by atoms with Crippen molar-refractivity contribution in [3.05, 3.63) is 47.8 Å². The minimum absolute atomic E-state index is 0.107. The molecule has 0 amide bonds. The van der Waals surface area contributed by atoms with Crippen molar-refractivity contribution in [3.63, 3.8) is 0 Å². The van der Waals surface area contributed by atoms with Crippen LogP contribution in [-0.2, 0) is 12.5 Å². The average molecular weight is 256 g/mol. The van der Waals surface area contributed by atoms with Crippen LogP contribution in [0.1, 0.15) is 28.9 Å². The van der Waals surface area contributed by atoms with E-state index in [9.17, 15) is 4.79 Å². The summed E-state index contributed by atoms with van der Waals surface area (Å²) in [6.45, 7) is 0. The number of Topliss-reactive ketones (excluding diaryl/α,β-unsaturated/α-hetero) is 1. The Labute approximate surface area is 112 Å². The van der Waals surface area contributed by atoms with Gasteiger partial charge in [0.15, 0.2) is 11.5 Å². The predicted octanol–water partition coefficient (Wildman–Crippen LogP) is 2.34. The lowest BCUT2D eigenvalue weighted by atomic mass is 9.89. The zero-order valence-corrected chi connectivity index (χ0v) is 11.1. The Bertz CT molecular complexity index is 612. The van der Waals surface area contributed by atoms with Gasteiger partial charge in [0, 0.05) is 7.05 Å². The van der Waals surface area contributed by atoms with E-state index in [0.717, 1.165) is 18.4 Å². The molecule has 0 spiro atoms. The lowest BCUT2D eigenvalue weighted by molar-refractivity contribution is 0.0933. The highest BCUT2D eigenvalue weighted by Crippen LogP contribution is 2.51. The molecule has 19 heavy (non-hydrogen) atoms. The number of methoxy groups -OCH3 is 1. The number of benzene rings is 1. The summed E-state index contributed by atoms with van der Waals surface area (Å²) in [4.78, 5) is 12.9. The van der Waals surface area contributed by atoms with E-state index in [1.165, 1.54) is 0 Å². The summed E-state index contributed by atoms with van der Waals surface area (Å²) in [5.41, 5.74) is 1.27. The van der Waals surface area contributed by atoms with E-state index in [1.807, 2.05) is 30.3 Å². The summed E-state index contributed by atoms with van der Waals surface area (Å²) in [7, 11) is 3.34. The van der Waals surface area contributed by atoms with Gasteiger partial charge >= 0.3 is 0 Å². The molecule has 1 aliphatic carbocycles. The first-order valence-electron chi connectivity index (χ1n) is 6.35. The van der Waals surface area contributed by atoms with Gasteiger partial charge < -0.3 is 4.74 Å². The van der Waals surface area contributed by atoms with Crippen LogP contribution >= 0.6 is 0 Å². The summed E-state index contributed by atoms with van der Waals surface area (Å²) < 4.78 is 6.84. The molecule has 0 aliphatic heterocycles. The zero-order chi connectivity index (χ0) is 13.5. The minimum Gasteiger partial charge on any atom is -0.493 e. The fourth-order valence-corrected chi connectivity index (χ4v) is 2.58. The van der Waals surface area contributed by atoms with E-state index in [0.29, 0.717) is 11.4 Å². The predicted molar refractivity (Wildman–Crippen MR) is 71.4 cm³/mol. The number of carbonyl (C=O) groups excluding carboxylic acids is 1. The Morgan fingerprint density at radius 3 is 2.58 bits per heavy atom. The van der Waals surface area contributed by atoms with Crippen LogP contribution in [0.4, 0.5) is 0 Å². The number of hydrogen-bond acceptors (Lipinski definition) is 3. The lowest BCUT2D eigenvalue weighted by Crippen LogP contribution is -2.23. The molecule has 4 heteroatoms. The fraction of sp³-hybridized carbons (Fsp3) is 0.333. The topological polar surface area (TPSA) is 44.1 Å². The van der Waals surface area contributed by atoms with Crippen molar-refractivity contribution in [1.82, 2.24) is 9.78 Å². The Hall–Kier alpha value is -2.10. The number of ketones is 1. The third-order valence-electron chi connectivity index (χ3n) is 3.85. The van der Waals surface area contributed by atoms with Crippen molar-refractivity contribution < 1.29 is 9.53 Å². The van der Waals surface area contributed by atoms with Crippen LogP contribution in [0.5, 0.6) is 5.75 Å². The Balaban J connectivity index is 2.03. The number of aryl methyl sites for hydroxylation is 1. The summed E-state index contributed by atoms with van der Waals surface area (Å²) in [6, 6.07) is 9.96. The smallest absolute Gasteiger partial charge is 0.195 e. The molecule has 1 aromatic heterocycles. The van der Waals surface area contributed by atoms with Crippen molar-refractivity contribution >= 4 is 5.78 Å². The van der Waals surface area contributed by atoms with Gasteiger partial charge in [0.05, 0.1) is 18.7 Å². The Morgan fingerprint density at radius 1 is 1.32 bits per heavy atom. The van der Waals surface area contributed by atoms with Crippen molar-refractivity contribution in [2.24, 2.45) is 7.05 Å². The van der Waals surface area contributed by atoms with Crippen LogP contribution in [0.2, 0.25) is 0 Å². The second-order valence-electron chi connectivity index (χ2n) is 4.96. The molecule has 1 heterocycles. The SMILES string of the molecule is COc1cnn(C)c1C(=O)C1(c2ccccc2)CC1. The number of nitrogens with zero attached hydrogens (tertiary/aromatic N) is 2. The van der Waals surface area contributed by atoms with E-state index >= 15 is 0 Å². The maximum absolute atomic E-state index is 12.9. The van der Waals surface area contributed by atoms with E-state index in [4.69, 9.17) is 4.74 Å². The Morgan fingerprint density at radius 2 is 2.00 bits per heavy atom. The first-order chi connectivity index (χ1) is 9.19. The summed E-state index contributed by atoms with van der Waals surface area (Å²) in [5, 5.41) is 4.11. The van der Waals surface area contributed by atoms with Crippen LogP contribution in [-0.4, -0.2) is 22.7 Å². The first kappa shape index (κ1) is 12.0. The van der Waals surface area contributed by atoms with Crippen LogP contribution in [0, 0.1) is 0 Å². The van der Waals surface area contributed by atoms with Gasteiger partial charge in [-0.3, -0.25) is 9.48 Å². The summed E-state index contributed by atoms with van der Waals surface area (Å²) >= 11 is 0. The molecule has 2 aromatic rings. The summed E-state index contributed by atoms with van der Waals surface area (Å²) in [5.74, 6) is 0.658. The summed E-state index contributed by atoms with van der Waals surface area (Å²) in [6.07, 6.45) is 3.38. The molecule has 0 bridgehead atoms. The van der Waals surface area contributed by atoms with E-state index in [2.05, 4.69) is 5.10 Å². The highest BCUT2D eigenvalue weighted by Gasteiger charge is 2.52. The second-order valence-corrected chi connectivity index (χ2v) is 4.96. The standard InChI is InChI=1S/C15H16N2O2/c1-17-13(12(19-2)10-16-17)14(18)15(8-9-15)11-6-4-3-5-7-11/h3-7,10H,8-9H2,1-2H3. The fourth-order valence-electron chi connectivity index (χ4n) is 2.58. The largest absolute Gasteiger partial charge is 0.493 e. The van der Waals surface area contributed by atoms with Gasteiger partial charge in [-0.2, -0.15) is 5.10 Å². The van der Waals surface area contributed by atoms with Crippen LogP contribution in [0.3, 0.4) is 0 Å². The maximum Gasteiger partial charge on any atom is 0.195 e. The molecule has 0 unspecified atom stereocenters. The van der Waals surface area contributed by atoms with E-state index in [-0.39, 0.29) is 11.2 Å². The molecule has 0 atom stereocenters. The third-order valence-corrected chi connectivity index (χ3v) is 3.85. The van der Waals surface area contributed by atoms with Crippen molar-refractivity contribution in [2.75, 3.05) is 7.11 Å². The van der Waals surface area contributed by atoms with E-state index in [1.54, 1.807) is 25.0 Å². The average Bonchev–Trinajstić information content (AvgIpc) is 3.18. The van der Waals surface area contributed by atoms with Gasteiger partial charge in [0.2, 0.25) is 0 Å². The van der Waals surface area contributed by atoms with Crippen molar-refractivity contribution in [3.8, 4) is 5.75 Å². The van der Waals surface area contributed by atoms with E-state index < -0.39 is 0 Å². The van der Waals surface area contributed by atoms with Gasteiger partial charge in [-0.15, -0.1) is 0 Å². The van der Waals surface area contributed by atoms with Crippen LogP contribution < -0.4 is 4.74 Å². The highest BCUT2D eigenvalue weighted by atomic mass is 16.5. The molecule has 1 aromatic carbocycles. The number of carbonyl (C=O) groups is 1. The molecule has 0 radical (unpaired) electrons. The van der Waals surface area contributed by atoms with Gasteiger partial charge in [-0.1, -0.05) is 30.3 Å². The number of aromatic nitrogens is 2. The second kappa shape index (κ2) is 4.23. The lowest BCUT2D eigenvalue weighted by Gasteiger charge is -2.15. The van der Waals surface area contributed by atoms with Crippen molar-refractivity contribution in [2.45, 2.75) is 18.3 Å². The van der Waals surface area contributed by atoms with Gasteiger partial charge in [-0.25, -0.2) is 0 Å². The zero-order valence-electron chi connectivity index (χ0n) is 11.1. The molecule has 0 N–H and O–H groups in total. The number of hydrogen-bond donors (Lipinski definition) is 0. The van der Waals surface area contributed by atoms with Gasteiger partial charge in [-0.05, 0) is 18.4 Å². The molecule has 3 rings (SSSR count).